The number of ether oxygens (including phenoxy) is 2. The normalized spacial score (nSPS) is 15.3. The molecule has 2 rings (SSSR count). The molecule has 1 aliphatic rings. The minimum atomic E-state index is -0.670. The summed E-state index contributed by atoms with van der Waals surface area (Å²) in [6.45, 7) is 4.30. The summed E-state index contributed by atoms with van der Waals surface area (Å²) in [6, 6.07) is 7.11. The molecule has 1 amide bonds. The molecule has 0 bridgehead atoms. The first-order valence-electron chi connectivity index (χ1n) is 10.7. The van der Waals surface area contributed by atoms with Crippen LogP contribution in [-0.4, -0.2) is 31.7 Å². The van der Waals surface area contributed by atoms with Crippen LogP contribution in [-0.2, 0) is 4.79 Å². The van der Waals surface area contributed by atoms with Gasteiger partial charge in [0.05, 0.1) is 18.8 Å². The number of hydrogen-bond acceptors (Lipinski definition) is 5. The Kier molecular flexibility index (Phi) is 10.6. The molecule has 1 aromatic carbocycles. The Bertz CT molecular complexity index is 944. The number of rotatable bonds is 11. The highest BCUT2D eigenvalue weighted by atomic mass is 31.0. The van der Waals surface area contributed by atoms with Gasteiger partial charge in [-0.05, 0) is 44.0 Å². The van der Waals surface area contributed by atoms with Crippen LogP contribution in [0.15, 0.2) is 59.6 Å². The van der Waals surface area contributed by atoms with E-state index in [2.05, 4.69) is 51.9 Å². The maximum Gasteiger partial charge on any atom is 0.251 e. The lowest BCUT2D eigenvalue weighted by atomic mass is 10.1. The molecule has 1 heterocycles. The third-order valence-corrected chi connectivity index (χ3v) is 5.09. The zero-order valence-electron chi connectivity index (χ0n) is 18.9. The van der Waals surface area contributed by atoms with Gasteiger partial charge in [-0.3, -0.25) is 4.79 Å². The topological polar surface area (TPSA) is 83.4 Å². The summed E-state index contributed by atoms with van der Waals surface area (Å²) in [6.07, 6.45) is 12.1. The minimum Gasteiger partial charge on any atom is -0.497 e. The van der Waals surface area contributed by atoms with Crippen molar-refractivity contribution in [2.45, 2.75) is 45.2 Å². The number of methoxy groups -OCH3 is 1. The number of fused-ring (bicyclic) bond motifs is 1. The lowest BCUT2D eigenvalue weighted by molar-refractivity contribution is -0.118. The molecular weight excluding hydrogens is 421 g/mol. The number of nitriles is 1. The third-order valence-electron chi connectivity index (χ3n) is 4.82. The van der Waals surface area contributed by atoms with E-state index >= 15 is 0 Å². The second-order valence-electron chi connectivity index (χ2n) is 7.38. The molecule has 3 atom stereocenters. The highest BCUT2D eigenvalue weighted by Gasteiger charge is 2.21. The van der Waals surface area contributed by atoms with Gasteiger partial charge in [0.15, 0.2) is 0 Å². The van der Waals surface area contributed by atoms with E-state index in [1.165, 1.54) is 0 Å². The van der Waals surface area contributed by atoms with Crippen molar-refractivity contribution in [1.82, 2.24) is 10.6 Å². The second kappa shape index (κ2) is 13.4. The Morgan fingerprint density at radius 2 is 2.19 bits per heavy atom. The third kappa shape index (κ3) is 7.90. The van der Waals surface area contributed by atoms with Crippen LogP contribution in [0.1, 0.15) is 38.7 Å². The largest absolute Gasteiger partial charge is 0.497 e. The van der Waals surface area contributed by atoms with Gasteiger partial charge in [0.2, 0.25) is 0 Å². The van der Waals surface area contributed by atoms with E-state index in [0.717, 1.165) is 24.1 Å². The number of nitrogens with one attached hydrogen (secondary N) is 2. The Labute approximate surface area is 193 Å². The lowest BCUT2D eigenvalue weighted by Gasteiger charge is -2.21. The van der Waals surface area contributed by atoms with Gasteiger partial charge in [-0.15, -0.1) is 9.24 Å². The predicted molar refractivity (Wildman–Crippen MR) is 132 cm³/mol. The maximum absolute atomic E-state index is 12.8. The van der Waals surface area contributed by atoms with E-state index in [4.69, 9.17) is 9.47 Å². The summed E-state index contributed by atoms with van der Waals surface area (Å²) in [5.41, 5.74) is 2.16. The highest BCUT2D eigenvalue weighted by Crippen LogP contribution is 2.30. The van der Waals surface area contributed by atoms with Crippen molar-refractivity contribution in [1.29, 1.82) is 5.26 Å². The Morgan fingerprint density at radius 3 is 2.88 bits per heavy atom. The SMILES string of the molecule is CC/C=C\C(C)N/C(=C\C/C=C/P)CC(C#N)NC(=O)C1=Cc2cc(OC)ccc2OC1. The first-order chi connectivity index (χ1) is 15.5. The summed E-state index contributed by atoms with van der Waals surface area (Å²) in [5, 5.41) is 15.9. The van der Waals surface area contributed by atoms with Gasteiger partial charge in [0.25, 0.3) is 5.91 Å². The van der Waals surface area contributed by atoms with E-state index in [1.54, 1.807) is 13.2 Å². The number of hydrogen-bond donors (Lipinski definition) is 2. The molecule has 3 unspecified atom stereocenters. The molecule has 0 aliphatic carbocycles. The van der Waals surface area contributed by atoms with Crippen LogP contribution in [0, 0.1) is 11.3 Å². The van der Waals surface area contributed by atoms with E-state index in [1.807, 2.05) is 36.2 Å². The van der Waals surface area contributed by atoms with Crippen LogP contribution in [0.25, 0.3) is 6.08 Å². The fourth-order valence-electron chi connectivity index (χ4n) is 3.18. The fourth-order valence-corrected chi connectivity index (χ4v) is 3.34. The van der Waals surface area contributed by atoms with E-state index < -0.39 is 6.04 Å². The number of allylic oxidation sites excluding steroid dienone is 3. The average molecular weight is 454 g/mol. The first-order valence-corrected chi connectivity index (χ1v) is 11.4. The van der Waals surface area contributed by atoms with Crippen LogP contribution in [0.3, 0.4) is 0 Å². The second-order valence-corrected chi connectivity index (χ2v) is 7.77. The van der Waals surface area contributed by atoms with Crippen molar-refractivity contribution >= 4 is 21.2 Å². The van der Waals surface area contributed by atoms with Crippen LogP contribution in [0.5, 0.6) is 11.5 Å². The number of carbonyl (C=O) groups excluding carboxylic acids is 1. The molecule has 170 valence electrons. The molecule has 0 radical (unpaired) electrons. The molecule has 0 spiro atoms. The zero-order chi connectivity index (χ0) is 23.3. The number of amides is 1. The summed E-state index contributed by atoms with van der Waals surface area (Å²) in [4.78, 5) is 12.8. The summed E-state index contributed by atoms with van der Waals surface area (Å²) in [5.74, 6) is 2.98. The van der Waals surface area contributed by atoms with Gasteiger partial charge in [-0.1, -0.05) is 37.0 Å². The molecule has 1 aliphatic heterocycles. The van der Waals surface area contributed by atoms with Crippen LogP contribution >= 0.6 is 9.24 Å². The smallest absolute Gasteiger partial charge is 0.251 e. The van der Waals surface area contributed by atoms with Gasteiger partial charge >= 0.3 is 0 Å². The average Bonchev–Trinajstić information content (AvgIpc) is 2.81. The van der Waals surface area contributed by atoms with Gasteiger partial charge in [-0.2, -0.15) is 5.26 Å². The lowest BCUT2D eigenvalue weighted by Crippen LogP contribution is -2.38. The molecule has 0 aromatic heterocycles. The molecule has 6 nitrogen and oxygen atoms in total. The molecule has 1 aromatic rings. The zero-order valence-corrected chi connectivity index (χ0v) is 20.1. The molecular formula is C25H32N3O3P. The molecule has 0 fully saturated rings. The van der Waals surface area contributed by atoms with Gasteiger partial charge < -0.3 is 20.1 Å². The Balaban J connectivity index is 2.10. The fraction of sp³-hybridized carbons (Fsp3) is 0.360. The quantitative estimate of drug-likeness (QED) is 0.381. The highest BCUT2D eigenvalue weighted by molar-refractivity contribution is 7.20. The van der Waals surface area contributed by atoms with Crippen molar-refractivity contribution in [3.8, 4) is 17.6 Å². The number of carbonyl (C=O) groups is 1. The van der Waals surface area contributed by atoms with E-state index in [9.17, 15) is 10.1 Å². The van der Waals surface area contributed by atoms with E-state index in [-0.39, 0.29) is 18.6 Å². The first kappa shape index (κ1) is 25.2. The molecule has 0 saturated carbocycles. The summed E-state index contributed by atoms with van der Waals surface area (Å²) >= 11 is 0. The van der Waals surface area contributed by atoms with Gasteiger partial charge in [0, 0.05) is 23.7 Å². The standard InChI is InChI=1S/C25H32N3O3P/c1-4-5-8-18(2)27-21(9-6-7-12-32)15-22(16-26)28-25(29)20-13-19-14-23(30-3)10-11-24(19)31-17-20/h5,7-14,18,22,27H,4,6,15,17,32H2,1-3H3,(H,28,29)/b8-5-,12-7+,21-9-. The van der Waals surface area contributed by atoms with Crippen LogP contribution < -0.4 is 20.1 Å². The minimum absolute atomic E-state index is 0.122. The van der Waals surface area contributed by atoms with E-state index in [0.29, 0.717) is 23.5 Å². The monoisotopic (exact) mass is 453 g/mol. The predicted octanol–water partition coefficient (Wildman–Crippen LogP) is 4.48. The molecule has 32 heavy (non-hydrogen) atoms. The Morgan fingerprint density at radius 1 is 1.38 bits per heavy atom. The number of benzene rings is 1. The van der Waals surface area contributed by atoms with Gasteiger partial charge in [0.1, 0.15) is 24.1 Å². The maximum atomic E-state index is 12.8. The van der Waals surface area contributed by atoms with Crippen molar-refractivity contribution in [3.63, 3.8) is 0 Å². The molecule has 0 saturated heterocycles. The Hall–Kier alpha value is -3.03. The molecule has 2 N–H and O–H groups in total. The van der Waals surface area contributed by atoms with Crippen molar-refractivity contribution in [2.24, 2.45) is 0 Å². The van der Waals surface area contributed by atoms with Crippen molar-refractivity contribution < 1.29 is 14.3 Å². The van der Waals surface area contributed by atoms with Crippen LogP contribution in [0.4, 0.5) is 0 Å². The number of nitrogens with zero attached hydrogens (tertiary/aromatic N) is 1. The van der Waals surface area contributed by atoms with Crippen LogP contribution in [0.2, 0.25) is 0 Å². The summed E-state index contributed by atoms with van der Waals surface area (Å²) < 4.78 is 10.9. The van der Waals surface area contributed by atoms with Crippen molar-refractivity contribution in [3.05, 3.63) is 65.2 Å². The van der Waals surface area contributed by atoms with Crippen molar-refractivity contribution in [2.75, 3.05) is 13.7 Å². The molecule has 7 heteroatoms. The summed E-state index contributed by atoms with van der Waals surface area (Å²) in [7, 11) is 4.14. The van der Waals surface area contributed by atoms with Gasteiger partial charge in [-0.25, -0.2) is 0 Å².